The third-order valence-electron chi connectivity index (χ3n) is 6.68. The average molecular weight is 377 g/mol. The van der Waals surface area contributed by atoms with E-state index in [9.17, 15) is 4.79 Å². The lowest BCUT2D eigenvalue weighted by atomic mass is 9.73. The molecule has 1 spiro atoms. The third kappa shape index (κ3) is 3.25. The van der Waals surface area contributed by atoms with E-state index in [1.165, 1.54) is 24.1 Å². The molecule has 0 radical (unpaired) electrons. The molecular formula is C22H27N5O. The number of rotatable bonds is 3. The quantitative estimate of drug-likeness (QED) is 0.823. The van der Waals surface area contributed by atoms with Crippen LogP contribution in [0.4, 0.5) is 5.82 Å². The fourth-order valence-electron chi connectivity index (χ4n) is 5.29. The number of likely N-dealkylation sites (tertiary alicyclic amines) is 1. The van der Waals surface area contributed by atoms with Crippen molar-refractivity contribution in [3.8, 4) is 0 Å². The first kappa shape index (κ1) is 17.6. The van der Waals surface area contributed by atoms with Gasteiger partial charge in [0.05, 0.1) is 0 Å². The number of amides is 1. The van der Waals surface area contributed by atoms with Crippen LogP contribution in [0.15, 0.2) is 30.9 Å². The van der Waals surface area contributed by atoms with Gasteiger partial charge < -0.3 is 9.80 Å². The van der Waals surface area contributed by atoms with E-state index in [2.05, 4.69) is 24.8 Å². The van der Waals surface area contributed by atoms with E-state index in [0.29, 0.717) is 13.0 Å². The summed E-state index contributed by atoms with van der Waals surface area (Å²) in [6.07, 6.45) is 12.7. The molecule has 1 amide bonds. The largest absolute Gasteiger partial charge is 0.356 e. The molecule has 28 heavy (non-hydrogen) atoms. The molecule has 0 aromatic carbocycles. The van der Waals surface area contributed by atoms with Gasteiger partial charge in [-0.3, -0.25) is 9.78 Å². The Kier molecular flexibility index (Phi) is 4.49. The maximum absolute atomic E-state index is 12.6. The SMILES string of the molecule is O=C1CCC2(CCCN(c3ncnc4c3CCC4)C2)CN1Cc1ccncc1. The summed E-state index contributed by atoms with van der Waals surface area (Å²) in [5, 5.41) is 0. The molecule has 0 N–H and O–H groups in total. The van der Waals surface area contributed by atoms with Crippen LogP contribution in [0.25, 0.3) is 0 Å². The van der Waals surface area contributed by atoms with E-state index in [0.717, 1.165) is 56.7 Å². The topological polar surface area (TPSA) is 62.2 Å². The van der Waals surface area contributed by atoms with Crippen LogP contribution in [0.3, 0.4) is 0 Å². The fourth-order valence-corrected chi connectivity index (χ4v) is 5.29. The van der Waals surface area contributed by atoms with Crippen LogP contribution in [0.5, 0.6) is 0 Å². The molecule has 1 aliphatic carbocycles. The van der Waals surface area contributed by atoms with Gasteiger partial charge in [0.2, 0.25) is 5.91 Å². The first-order valence-corrected chi connectivity index (χ1v) is 10.5. The fraction of sp³-hybridized carbons (Fsp3) is 0.545. The highest BCUT2D eigenvalue weighted by atomic mass is 16.2. The van der Waals surface area contributed by atoms with Gasteiger partial charge >= 0.3 is 0 Å². The van der Waals surface area contributed by atoms with Gasteiger partial charge in [0, 0.05) is 61.7 Å². The molecule has 2 fully saturated rings. The molecule has 1 unspecified atom stereocenters. The number of hydrogen-bond donors (Lipinski definition) is 0. The number of carbonyl (C=O) groups is 1. The van der Waals surface area contributed by atoms with Crippen molar-refractivity contribution in [2.75, 3.05) is 24.5 Å². The van der Waals surface area contributed by atoms with E-state index in [1.54, 1.807) is 18.7 Å². The number of fused-ring (bicyclic) bond motifs is 1. The minimum Gasteiger partial charge on any atom is -0.356 e. The Labute approximate surface area is 166 Å². The van der Waals surface area contributed by atoms with Crippen molar-refractivity contribution < 1.29 is 4.79 Å². The molecule has 5 rings (SSSR count). The van der Waals surface area contributed by atoms with E-state index in [4.69, 9.17) is 0 Å². The van der Waals surface area contributed by atoms with Crippen LogP contribution in [0.2, 0.25) is 0 Å². The molecule has 0 bridgehead atoms. The lowest BCUT2D eigenvalue weighted by molar-refractivity contribution is -0.138. The number of aryl methyl sites for hydroxylation is 1. The van der Waals surface area contributed by atoms with Gasteiger partial charge in [0.15, 0.2) is 0 Å². The number of anilines is 1. The number of carbonyl (C=O) groups excluding carboxylic acids is 1. The molecule has 6 nitrogen and oxygen atoms in total. The monoisotopic (exact) mass is 377 g/mol. The summed E-state index contributed by atoms with van der Waals surface area (Å²) in [6, 6.07) is 4.01. The van der Waals surface area contributed by atoms with Gasteiger partial charge in [-0.05, 0) is 56.2 Å². The molecule has 6 heteroatoms. The first-order chi connectivity index (χ1) is 13.7. The summed E-state index contributed by atoms with van der Waals surface area (Å²) in [7, 11) is 0. The highest BCUT2D eigenvalue weighted by molar-refractivity contribution is 5.77. The van der Waals surface area contributed by atoms with Crippen LogP contribution < -0.4 is 4.90 Å². The second-order valence-electron chi connectivity index (χ2n) is 8.61. The van der Waals surface area contributed by atoms with Crippen molar-refractivity contribution >= 4 is 11.7 Å². The smallest absolute Gasteiger partial charge is 0.222 e. The van der Waals surface area contributed by atoms with Gasteiger partial charge in [0.1, 0.15) is 12.1 Å². The van der Waals surface area contributed by atoms with E-state index in [-0.39, 0.29) is 11.3 Å². The lowest BCUT2D eigenvalue weighted by Gasteiger charge is -2.48. The standard InChI is InChI=1S/C22H27N5O/c28-20-5-9-22(15-27(20)13-17-6-10-23-11-7-17)8-2-12-26(14-22)21-18-3-1-4-19(18)24-16-25-21/h6-7,10-11,16H,1-5,8-9,12-15H2. The molecule has 2 aromatic rings. The van der Waals surface area contributed by atoms with Crippen LogP contribution in [0.1, 0.15) is 48.9 Å². The van der Waals surface area contributed by atoms with Gasteiger partial charge in [-0.1, -0.05) is 0 Å². The zero-order valence-electron chi connectivity index (χ0n) is 16.3. The van der Waals surface area contributed by atoms with Crippen molar-refractivity contribution in [2.45, 2.75) is 51.5 Å². The van der Waals surface area contributed by atoms with Crippen molar-refractivity contribution in [1.29, 1.82) is 0 Å². The molecule has 4 heterocycles. The summed E-state index contributed by atoms with van der Waals surface area (Å²) in [5.74, 6) is 1.43. The Balaban J connectivity index is 1.36. The number of piperidine rings is 2. The maximum atomic E-state index is 12.6. The van der Waals surface area contributed by atoms with Crippen LogP contribution in [0, 0.1) is 5.41 Å². The van der Waals surface area contributed by atoms with Crippen molar-refractivity contribution in [1.82, 2.24) is 19.9 Å². The van der Waals surface area contributed by atoms with Gasteiger partial charge in [-0.2, -0.15) is 0 Å². The Bertz CT molecular complexity index is 870. The van der Waals surface area contributed by atoms with Crippen molar-refractivity contribution in [3.05, 3.63) is 47.7 Å². The summed E-state index contributed by atoms with van der Waals surface area (Å²) in [5.41, 5.74) is 3.93. The third-order valence-corrected chi connectivity index (χ3v) is 6.68. The average Bonchev–Trinajstić information content (AvgIpc) is 3.21. The Hall–Kier alpha value is -2.50. The molecule has 2 saturated heterocycles. The number of aromatic nitrogens is 3. The minimum atomic E-state index is 0.176. The molecule has 1 atom stereocenters. The molecular weight excluding hydrogens is 350 g/mol. The second-order valence-corrected chi connectivity index (χ2v) is 8.61. The van der Waals surface area contributed by atoms with Crippen LogP contribution in [-0.4, -0.2) is 45.4 Å². The van der Waals surface area contributed by atoms with Crippen LogP contribution >= 0.6 is 0 Å². The van der Waals surface area contributed by atoms with E-state index in [1.807, 2.05) is 12.1 Å². The van der Waals surface area contributed by atoms with Gasteiger partial charge in [-0.25, -0.2) is 9.97 Å². The lowest BCUT2D eigenvalue weighted by Crippen LogP contribution is -2.54. The summed E-state index contributed by atoms with van der Waals surface area (Å²) < 4.78 is 0. The Morgan fingerprint density at radius 3 is 2.79 bits per heavy atom. The number of hydrogen-bond acceptors (Lipinski definition) is 5. The maximum Gasteiger partial charge on any atom is 0.222 e. The summed E-state index contributed by atoms with van der Waals surface area (Å²) in [4.78, 5) is 30.4. The zero-order valence-corrected chi connectivity index (χ0v) is 16.3. The predicted octanol–water partition coefficient (Wildman–Crippen LogP) is 2.77. The van der Waals surface area contributed by atoms with Gasteiger partial charge in [-0.15, -0.1) is 0 Å². The van der Waals surface area contributed by atoms with E-state index < -0.39 is 0 Å². The highest BCUT2D eigenvalue weighted by Crippen LogP contribution is 2.41. The number of pyridine rings is 1. The molecule has 0 saturated carbocycles. The molecule has 3 aliphatic rings. The van der Waals surface area contributed by atoms with Crippen LogP contribution in [-0.2, 0) is 24.2 Å². The summed E-state index contributed by atoms with van der Waals surface area (Å²) in [6.45, 7) is 3.59. The van der Waals surface area contributed by atoms with Crippen molar-refractivity contribution in [2.24, 2.45) is 5.41 Å². The molecule has 2 aliphatic heterocycles. The van der Waals surface area contributed by atoms with Crippen molar-refractivity contribution in [3.63, 3.8) is 0 Å². The highest BCUT2D eigenvalue weighted by Gasteiger charge is 2.42. The first-order valence-electron chi connectivity index (χ1n) is 10.5. The Morgan fingerprint density at radius 1 is 1.00 bits per heavy atom. The molecule has 2 aromatic heterocycles. The number of nitrogens with zero attached hydrogens (tertiary/aromatic N) is 5. The summed E-state index contributed by atoms with van der Waals surface area (Å²) >= 11 is 0. The zero-order chi connectivity index (χ0) is 19.0. The predicted molar refractivity (Wildman–Crippen MR) is 107 cm³/mol. The minimum absolute atomic E-state index is 0.176. The normalized spacial score (nSPS) is 24.6. The van der Waals surface area contributed by atoms with E-state index >= 15 is 0 Å². The molecule has 146 valence electrons. The second kappa shape index (κ2) is 7.15. The van der Waals surface area contributed by atoms with Gasteiger partial charge in [0.25, 0.3) is 0 Å². The Morgan fingerprint density at radius 2 is 1.89 bits per heavy atom.